The maximum Gasteiger partial charge on any atom is 0.337 e. The van der Waals surface area contributed by atoms with Gasteiger partial charge in [-0.1, -0.05) is 12.1 Å². The topological polar surface area (TPSA) is 203 Å². The number of esters is 1. The zero-order valence-electron chi connectivity index (χ0n) is 26.2. The number of rotatable bonds is 8. The van der Waals surface area contributed by atoms with E-state index in [0.29, 0.717) is 28.9 Å². The summed E-state index contributed by atoms with van der Waals surface area (Å²) in [5.74, 6) is -7.33. The molecule has 1 fully saturated rings. The highest BCUT2D eigenvalue weighted by Gasteiger charge is 2.64. The van der Waals surface area contributed by atoms with Gasteiger partial charge >= 0.3 is 5.97 Å². The number of hydrogen-bond donors (Lipinski definition) is 6. The number of likely N-dealkylation sites (N-methyl/N-ethyl adjacent to an activating group) is 1. The van der Waals surface area contributed by atoms with Crippen LogP contribution in [0.15, 0.2) is 47.2 Å². The summed E-state index contributed by atoms with van der Waals surface area (Å²) in [6.45, 7) is 0.555. The minimum Gasteiger partial charge on any atom is -0.508 e. The van der Waals surface area contributed by atoms with Crippen molar-refractivity contribution in [3.05, 3.63) is 75.1 Å². The predicted octanol–water partition coefficient (Wildman–Crippen LogP) is 1.11. The van der Waals surface area contributed by atoms with Crippen LogP contribution in [-0.2, 0) is 38.6 Å². The third-order valence-corrected chi connectivity index (χ3v) is 9.28. The zero-order chi connectivity index (χ0) is 33.8. The number of anilines is 1. The molecule has 5 rings (SSSR count). The number of methoxy groups -OCH3 is 1. The molecule has 1 saturated carbocycles. The van der Waals surface area contributed by atoms with E-state index in [-0.39, 0.29) is 36.3 Å². The number of aliphatic hydroxyl groups is 3. The van der Waals surface area contributed by atoms with E-state index in [1.165, 1.54) is 12.0 Å². The maximum absolute atomic E-state index is 14.1. The molecular weight excluding hydrogens is 596 g/mol. The van der Waals surface area contributed by atoms with Gasteiger partial charge in [-0.2, -0.15) is 0 Å². The van der Waals surface area contributed by atoms with Crippen LogP contribution in [0.2, 0.25) is 0 Å². The Hall–Kier alpha value is -4.72. The number of fused-ring (bicyclic) bond motifs is 3. The van der Waals surface area contributed by atoms with Crippen LogP contribution < -0.4 is 16.0 Å². The second kappa shape index (κ2) is 11.9. The fraction of sp³-hybridized carbons (Fsp3) is 0.394. The van der Waals surface area contributed by atoms with Crippen molar-refractivity contribution in [3.63, 3.8) is 0 Å². The first-order valence-electron chi connectivity index (χ1n) is 14.7. The van der Waals surface area contributed by atoms with Gasteiger partial charge in [0.25, 0.3) is 5.91 Å². The number of nitrogens with two attached hydrogens (primary N) is 1. The summed E-state index contributed by atoms with van der Waals surface area (Å²) in [5.41, 5.74) is 4.64. The molecule has 0 saturated heterocycles. The minimum absolute atomic E-state index is 0.0114. The second-order valence-corrected chi connectivity index (χ2v) is 12.4. The number of hydrogen-bond acceptors (Lipinski definition) is 12. The molecule has 46 heavy (non-hydrogen) atoms. The van der Waals surface area contributed by atoms with Gasteiger partial charge in [-0.15, -0.1) is 0 Å². The Kier molecular flexibility index (Phi) is 8.45. The standard InChI is InChI=1S/C33H38N4O9/c1-36(2)21-12-18(14-35-13-15-6-8-16(9-7-15)32(44)46-5)26(38)23-19(21)10-17-11-20-25(37(3)4)28(40)24(31(34)43)30(42)33(20,45)29(41)22(17)27(23)39/h6-9,12,17,20,25,35,38-39,42,45H,10-11,13-14H2,1-5H3,(H2,34,43)/t17-,20-,25-,33-/m0/s1. The van der Waals surface area contributed by atoms with Crippen LogP contribution in [0.25, 0.3) is 5.76 Å². The first-order chi connectivity index (χ1) is 21.6. The van der Waals surface area contributed by atoms with Crippen molar-refractivity contribution in [1.82, 2.24) is 10.2 Å². The fourth-order valence-electron chi connectivity index (χ4n) is 7.10. The van der Waals surface area contributed by atoms with Gasteiger partial charge in [0.2, 0.25) is 5.78 Å². The molecule has 3 aliphatic rings. The number of benzene rings is 2. The van der Waals surface area contributed by atoms with E-state index < -0.39 is 64.0 Å². The Balaban J connectivity index is 1.55. The quantitative estimate of drug-likeness (QED) is 0.179. The van der Waals surface area contributed by atoms with E-state index in [0.717, 1.165) is 5.56 Å². The number of amides is 1. The molecule has 0 aliphatic heterocycles. The Labute approximate surface area is 265 Å². The average molecular weight is 635 g/mol. The van der Waals surface area contributed by atoms with Crippen molar-refractivity contribution in [3.8, 4) is 5.75 Å². The number of Topliss-reactive ketones (excluding diaryl/α,β-unsaturated/α-hetero) is 2. The van der Waals surface area contributed by atoms with Crippen molar-refractivity contribution in [2.45, 2.75) is 37.6 Å². The van der Waals surface area contributed by atoms with Gasteiger partial charge in [0, 0.05) is 49.9 Å². The summed E-state index contributed by atoms with van der Waals surface area (Å²) >= 11 is 0. The fourth-order valence-corrected chi connectivity index (χ4v) is 7.10. The summed E-state index contributed by atoms with van der Waals surface area (Å²) in [7, 11) is 8.04. The summed E-state index contributed by atoms with van der Waals surface area (Å²) in [6, 6.07) is 7.48. The number of aliphatic hydroxyl groups excluding tert-OH is 2. The van der Waals surface area contributed by atoms with Gasteiger partial charge in [-0.25, -0.2) is 4.79 Å². The molecule has 4 atom stereocenters. The molecule has 3 aliphatic carbocycles. The lowest BCUT2D eigenvalue weighted by Gasteiger charge is -2.50. The predicted molar refractivity (Wildman–Crippen MR) is 167 cm³/mol. The van der Waals surface area contributed by atoms with Crippen molar-refractivity contribution >= 4 is 34.9 Å². The van der Waals surface area contributed by atoms with Gasteiger partial charge in [0.15, 0.2) is 11.4 Å². The summed E-state index contributed by atoms with van der Waals surface area (Å²) in [4.78, 5) is 54.7. The second-order valence-electron chi connectivity index (χ2n) is 12.4. The van der Waals surface area contributed by atoms with E-state index in [1.54, 1.807) is 44.4 Å². The molecule has 1 amide bonds. The van der Waals surface area contributed by atoms with Crippen molar-refractivity contribution in [2.75, 3.05) is 40.2 Å². The number of ketones is 2. The zero-order valence-corrected chi connectivity index (χ0v) is 26.2. The number of carbonyl (C=O) groups is 4. The average Bonchev–Trinajstić information content (AvgIpc) is 2.99. The summed E-state index contributed by atoms with van der Waals surface area (Å²) in [5, 5.41) is 49.3. The smallest absolute Gasteiger partial charge is 0.337 e. The Morgan fingerprint density at radius 2 is 1.72 bits per heavy atom. The molecule has 2 aromatic carbocycles. The van der Waals surface area contributed by atoms with Crippen LogP contribution in [0.1, 0.15) is 39.0 Å². The molecule has 0 aromatic heterocycles. The van der Waals surface area contributed by atoms with Crippen LogP contribution in [-0.4, -0.2) is 95.7 Å². The number of carbonyl (C=O) groups excluding carboxylic acids is 4. The number of nitrogens with zero attached hydrogens (tertiary/aromatic N) is 2. The van der Waals surface area contributed by atoms with Crippen LogP contribution in [0, 0.1) is 11.8 Å². The van der Waals surface area contributed by atoms with E-state index >= 15 is 0 Å². The Morgan fingerprint density at radius 1 is 1.07 bits per heavy atom. The van der Waals surface area contributed by atoms with Gasteiger partial charge in [-0.05, 0) is 62.2 Å². The van der Waals surface area contributed by atoms with Crippen LogP contribution in [0.3, 0.4) is 0 Å². The third kappa shape index (κ3) is 5.00. The number of phenols is 1. The Morgan fingerprint density at radius 3 is 2.28 bits per heavy atom. The highest BCUT2D eigenvalue weighted by molar-refractivity contribution is 6.24. The van der Waals surface area contributed by atoms with Gasteiger partial charge < -0.3 is 41.1 Å². The highest BCUT2D eigenvalue weighted by Crippen LogP contribution is 2.54. The molecule has 2 aromatic rings. The van der Waals surface area contributed by atoms with Gasteiger partial charge in [0.05, 0.1) is 24.3 Å². The molecule has 244 valence electrons. The molecule has 0 radical (unpaired) electrons. The number of phenolic OH excluding ortho intramolecular Hbond substituents is 1. The first-order valence-corrected chi connectivity index (χ1v) is 14.7. The molecule has 13 nitrogen and oxygen atoms in total. The molecular formula is C33H38N4O9. The lowest BCUT2D eigenvalue weighted by Crippen LogP contribution is -2.65. The van der Waals surface area contributed by atoms with E-state index in [2.05, 4.69) is 5.32 Å². The number of nitrogens with one attached hydrogen (secondary N) is 1. The molecule has 7 N–H and O–H groups in total. The maximum atomic E-state index is 14.1. The summed E-state index contributed by atoms with van der Waals surface area (Å²) in [6.07, 6.45) is 0.202. The molecule has 0 bridgehead atoms. The van der Waals surface area contributed by atoms with Gasteiger partial charge in [-0.3, -0.25) is 19.3 Å². The third-order valence-electron chi connectivity index (χ3n) is 9.28. The van der Waals surface area contributed by atoms with Gasteiger partial charge in [0.1, 0.15) is 22.8 Å². The summed E-state index contributed by atoms with van der Waals surface area (Å²) < 4.78 is 4.73. The minimum atomic E-state index is -2.70. The molecule has 13 heteroatoms. The lowest BCUT2D eigenvalue weighted by molar-refractivity contribution is -0.153. The largest absolute Gasteiger partial charge is 0.508 e. The molecule has 0 spiro atoms. The monoisotopic (exact) mass is 634 g/mol. The number of primary amides is 1. The van der Waals surface area contributed by atoms with Crippen LogP contribution in [0.4, 0.5) is 5.69 Å². The van der Waals surface area contributed by atoms with E-state index in [4.69, 9.17) is 10.5 Å². The molecule has 0 unspecified atom stereocenters. The normalized spacial score (nSPS) is 24.0. The lowest BCUT2D eigenvalue weighted by atomic mass is 9.57. The Bertz CT molecular complexity index is 1710. The number of aromatic hydroxyl groups is 1. The van der Waals surface area contributed by atoms with E-state index in [9.17, 15) is 39.6 Å². The van der Waals surface area contributed by atoms with Crippen LogP contribution in [0.5, 0.6) is 5.75 Å². The van der Waals surface area contributed by atoms with Crippen molar-refractivity contribution in [1.29, 1.82) is 0 Å². The van der Waals surface area contributed by atoms with Crippen LogP contribution >= 0.6 is 0 Å². The highest BCUT2D eigenvalue weighted by atomic mass is 16.5. The van der Waals surface area contributed by atoms with E-state index in [1.807, 2.05) is 19.0 Å². The first kappa shape index (κ1) is 32.7. The van der Waals surface area contributed by atoms with Crippen molar-refractivity contribution < 1.29 is 44.3 Å². The van der Waals surface area contributed by atoms with Crippen molar-refractivity contribution in [2.24, 2.45) is 17.6 Å². The number of ether oxygens (including phenoxy) is 1. The SMILES string of the molecule is COC(=O)c1ccc(CNCc2cc(N(C)C)c3c(c2O)C(O)=C2C(=O)[C@]4(O)C(O)=C(C(N)=O)C(=O)[C@@H](N(C)C)[C@@H]4C[C@@H]2C3)cc1. The molecule has 0 heterocycles.